The van der Waals surface area contributed by atoms with E-state index in [0.29, 0.717) is 43.3 Å². The molecular formula is C80H117N5O33. The highest BCUT2D eigenvalue weighted by molar-refractivity contribution is 6.39. The number of methoxy groups -OCH3 is 3. The highest BCUT2D eigenvalue weighted by Gasteiger charge is 2.57. The molecule has 3 heterocycles. The topological polar surface area (TPSA) is 607 Å². The minimum Gasteiger partial charge on any atom is -0.481 e. The number of piperidine rings is 1. The van der Waals surface area contributed by atoms with Crippen LogP contribution in [0.3, 0.4) is 0 Å². The molecule has 38 nitrogen and oxygen atoms in total. The zero-order valence-corrected chi connectivity index (χ0v) is 67.9. The third kappa shape index (κ3) is 32.6. The SMILES string of the molecule is CO[C@H]1C[C@@H](C)C/C(C)=C/[C@@H](C/C=C/C(=O)NC(CCC(=O)O)C(=O)NC(CCC(=O)O)C(=O)CC(CCC(=O)O)C(=O)NC(CCC(=O)O)C(=O)CC(CCC(=O)O)C(=O)NC(CCC(=O)O)C(=O)CCC(=O)O)C(=O)C[C@H](O)[C@@H](C)[C@@H](/C(C)=C/[C@@H]2CC[C@@H](O)[C@H](OC)C2)OC(=O)[C@@H]2CCCCN2C(=O)C(=O)[C@]2(O)O[C@H]1[C@@H](OC)C[C@H]2C. The monoisotopic (exact) mass is 1680 g/mol. The molecule has 660 valence electrons. The molecular weight excluding hydrogens is 1560 g/mol. The Balaban J connectivity index is 1.73. The van der Waals surface area contributed by atoms with Crippen LogP contribution in [-0.2, 0) is 110 Å². The Hall–Kier alpha value is -9.60. The first kappa shape index (κ1) is 101. The first-order valence-corrected chi connectivity index (χ1v) is 39.7. The molecule has 1 aliphatic carbocycles. The number of aliphatic hydroxyl groups is 3. The van der Waals surface area contributed by atoms with E-state index in [9.17, 15) is 132 Å². The maximum absolute atomic E-state index is 14.9. The van der Waals surface area contributed by atoms with Gasteiger partial charge in [-0.1, -0.05) is 44.6 Å². The van der Waals surface area contributed by atoms with Gasteiger partial charge in [0.2, 0.25) is 29.4 Å². The predicted molar refractivity (Wildman–Crippen MR) is 409 cm³/mol. The van der Waals surface area contributed by atoms with Gasteiger partial charge in [0, 0.05) is 122 Å². The standard InChI is InChI=1S/C80H117N5O33/c1-41-32-42(2)34-62(115-7)73-63(116-8)36-44(4)80(113,118-73)74(107)78(111)85-31-10-9-13-54(85)79(112)117-72(43(3)35-46-15-22-56(87)61(37-46)114-6)45(5)57(88)40-58(89)47(33-41)12-11-14-64(92)81-53(21-29-70(103)104)77(110)84-52(20-28-69(101)102)60(91)39-49(17-25-66(95)96)76(109)83-51(19-27-68(99)100)59(90)38-48(16-24-65(93)94)75(108)82-50(18-26-67(97)98)55(86)23-30-71(105)106/h11,14,33,35,42,44-54,56-57,61-63,72-73,87-88,113H,9-10,12-13,15-32,34,36-40H2,1-8H3,(H,81,92)(H,82,108)(H,83,109)(H,84,110)(H,93,94)(H,95,96)(H,97,98)(H,99,100)(H,101,102)(H,103,104)(H,105,106)/b14-11+,41-33+,43-35+/t42-,44+,45+,46-,47+,48?,49?,50?,51?,52?,53?,54-,56+,57-,61+,62-,63-,72+,73+,80+/m0/s1. The lowest BCUT2D eigenvalue weighted by atomic mass is 9.81. The highest BCUT2D eigenvalue weighted by atomic mass is 16.7. The van der Waals surface area contributed by atoms with Crippen molar-refractivity contribution < 1.29 is 161 Å². The number of aliphatic carboxylic acids is 7. The molecule has 0 spiro atoms. The number of carbonyl (C=O) groups excluding carboxylic acids is 11. The number of hydrogen-bond donors (Lipinski definition) is 14. The number of allylic oxidation sites excluding steroid dienone is 4. The quantitative estimate of drug-likeness (QED) is 0.0181. The van der Waals surface area contributed by atoms with Crippen LogP contribution in [0.2, 0.25) is 0 Å². The van der Waals surface area contributed by atoms with E-state index in [1.165, 1.54) is 34.3 Å². The molecule has 6 unspecified atom stereocenters. The minimum absolute atomic E-state index is 0.0224. The summed E-state index contributed by atoms with van der Waals surface area (Å²) in [7, 11) is 4.25. The Morgan fingerprint density at radius 3 is 1.53 bits per heavy atom. The smallest absolute Gasteiger partial charge is 0.329 e. The third-order valence-corrected chi connectivity index (χ3v) is 22.1. The molecule has 3 fully saturated rings. The van der Waals surface area contributed by atoms with Crippen molar-refractivity contribution in [2.24, 2.45) is 41.4 Å². The van der Waals surface area contributed by atoms with Gasteiger partial charge in [-0.15, -0.1) is 0 Å². The van der Waals surface area contributed by atoms with Crippen LogP contribution in [0, 0.1) is 41.4 Å². The molecule has 3 aliphatic heterocycles. The Labute approximate surface area is 682 Å². The largest absolute Gasteiger partial charge is 0.481 e. The number of nitrogens with zero attached hydrogens (tertiary/aromatic N) is 1. The summed E-state index contributed by atoms with van der Waals surface area (Å²) in [4.78, 5) is 240. The van der Waals surface area contributed by atoms with Gasteiger partial charge in [0.15, 0.2) is 17.3 Å². The van der Waals surface area contributed by atoms with Gasteiger partial charge < -0.3 is 101 Å². The van der Waals surface area contributed by atoms with Gasteiger partial charge in [0.05, 0.1) is 55.1 Å². The summed E-state index contributed by atoms with van der Waals surface area (Å²) in [5, 5.41) is 111. The summed E-state index contributed by atoms with van der Waals surface area (Å²) < 4.78 is 30.0. The average molecular weight is 1680 g/mol. The van der Waals surface area contributed by atoms with Gasteiger partial charge in [-0.3, -0.25) is 81.5 Å². The fourth-order valence-corrected chi connectivity index (χ4v) is 15.3. The first-order valence-electron chi connectivity index (χ1n) is 39.7. The first-order chi connectivity index (χ1) is 55.4. The molecule has 14 N–H and O–H groups in total. The van der Waals surface area contributed by atoms with Crippen molar-refractivity contribution in [2.75, 3.05) is 27.9 Å². The van der Waals surface area contributed by atoms with E-state index in [4.69, 9.17) is 28.8 Å². The van der Waals surface area contributed by atoms with Crippen LogP contribution in [0.1, 0.15) is 208 Å². The average Bonchev–Trinajstić information content (AvgIpc) is 0.775. The molecule has 2 bridgehead atoms. The summed E-state index contributed by atoms with van der Waals surface area (Å²) in [5.41, 5.74) is 1.03. The third-order valence-electron chi connectivity index (χ3n) is 22.1. The molecule has 0 radical (unpaired) electrons. The molecule has 0 aromatic heterocycles. The number of fused-ring (bicyclic) bond motifs is 3. The van der Waals surface area contributed by atoms with Crippen LogP contribution in [0.25, 0.3) is 0 Å². The number of Topliss-reactive ketones (excluding diaryl/α,β-unsaturated/α-hetero) is 5. The summed E-state index contributed by atoms with van der Waals surface area (Å²) in [5.74, 6) is -32.7. The van der Waals surface area contributed by atoms with E-state index >= 15 is 0 Å². The second-order valence-corrected chi connectivity index (χ2v) is 31.3. The number of ether oxygens (including phenoxy) is 5. The molecule has 4 rings (SSSR count). The van der Waals surface area contributed by atoms with Crippen LogP contribution in [-0.4, -0.2) is 269 Å². The van der Waals surface area contributed by atoms with Crippen LogP contribution < -0.4 is 21.3 Å². The summed E-state index contributed by atoms with van der Waals surface area (Å²) >= 11 is 0. The summed E-state index contributed by atoms with van der Waals surface area (Å²) in [6.45, 7) is 8.19. The lowest BCUT2D eigenvalue weighted by Gasteiger charge is -2.47. The van der Waals surface area contributed by atoms with Crippen molar-refractivity contribution in [1.29, 1.82) is 0 Å². The molecule has 1 saturated carbocycles. The van der Waals surface area contributed by atoms with E-state index < -0.39 is 324 Å². The van der Waals surface area contributed by atoms with Crippen molar-refractivity contribution in [3.05, 3.63) is 35.5 Å². The van der Waals surface area contributed by atoms with Gasteiger partial charge in [0.1, 0.15) is 30.1 Å². The minimum atomic E-state index is -2.72. The van der Waals surface area contributed by atoms with Crippen LogP contribution in [0.4, 0.5) is 0 Å². The number of ketones is 5. The molecule has 2 saturated heterocycles. The Morgan fingerprint density at radius 1 is 0.559 bits per heavy atom. The van der Waals surface area contributed by atoms with Crippen molar-refractivity contribution in [3.63, 3.8) is 0 Å². The molecule has 20 atom stereocenters. The fourth-order valence-electron chi connectivity index (χ4n) is 15.3. The van der Waals surface area contributed by atoms with Gasteiger partial charge in [-0.2, -0.15) is 0 Å². The predicted octanol–water partition coefficient (Wildman–Crippen LogP) is 2.72. The van der Waals surface area contributed by atoms with Crippen LogP contribution in [0.5, 0.6) is 0 Å². The second kappa shape index (κ2) is 49.1. The van der Waals surface area contributed by atoms with Crippen molar-refractivity contribution in [3.8, 4) is 0 Å². The number of carboxylic acid groups (broad SMARTS) is 7. The van der Waals surface area contributed by atoms with Gasteiger partial charge in [-0.25, -0.2) is 4.79 Å². The molecule has 4 aliphatic rings. The number of esters is 1. The lowest BCUT2D eigenvalue weighted by molar-refractivity contribution is -0.302. The summed E-state index contributed by atoms with van der Waals surface area (Å²) in [6.07, 6.45) is -12.4. The van der Waals surface area contributed by atoms with Gasteiger partial charge in [0.25, 0.3) is 11.7 Å². The number of hydrogen-bond acceptors (Lipinski definition) is 26. The summed E-state index contributed by atoms with van der Waals surface area (Å²) in [6, 6.07) is -8.70. The number of carbonyl (C=O) groups is 18. The van der Waals surface area contributed by atoms with E-state index in [1.807, 2.05) is 13.0 Å². The normalized spacial score (nSPS) is 27.1. The lowest BCUT2D eigenvalue weighted by Crippen LogP contribution is -2.64. The van der Waals surface area contributed by atoms with E-state index in [-0.39, 0.29) is 50.5 Å². The highest BCUT2D eigenvalue weighted by Crippen LogP contribution is 2.40. The van der Waals surface area contributed by atoms with Crippen LogP contribution in [0.15, 0.2) is 35.5 Å². The number of aliphatic hydroxyl groups excluding tert-OH is 2. The molecule has 5 amide bonds. The van der Waals surface area contributed by atoms with E-state index in [0.717, 1.165) is 11.0 Å². The van der Waals surface area contributed by atoms with Gasteiger partial charge >= 0.3 is 47.8 Å². The van der Waals surface area contributed by atoms with Crippen molar-refractivity contribution in [1.82, 2.24) is 26.2 Å². The fraction of sp³-hybridized carbons (Fsp3) is 0.700. The Bertz CT molecular complexity index is 3690. The molecule has 38 heteroatoms. The molecule has 0 aromatic rings. The number of amides is 5. The Kier molecular flexibility index (Phi) is 41.9. The van der Waals surface area contributed by atoms with Crippen LogP contribution >= 0.6 is 0 Å². The zero-order chi connectivity index (χ0) is 88.6. The van der Waals surface area contributed by atoms with Crippen molar-refractivity contribution in [2.45, 2.75) is 287 Å². The molecule has 0 aromatic carbocycles. The van der Waals surface area contributed by atoms with Gasteiger partial charge in [-0.05, 0) is 140 Å². The zero-order valence-electron chi connectivity index (χ0n) is 67.9. The maximum atomic E-state index is 14.9. The number of cyclic esters (lactones) is 1. The number of carboxylic acids is 7. The van der Waals surface area contributed by atoms with E-state index in [1.54, 1.807) is 26.8 Å². The Morgan fingerprint density at radius 2 is 1.03 bits per heavy atom. The number of rotatable bonds is 43. The second-order valence-electron chi connectivity index (χ2n) is 31.3. The van der Waals surface area contributed by atoms with Crippen molar-refractivity contribution >= 4 is 106 Å². The molecule has 118 heavy (non-hydrogen) atoms. The van der Waals surface area contributed by atoms with E-state index in [2.05, 4.69) is 21.3 Å². The number of nitrogens with one attached hydrogen (secondary N) is 4. The maximum Gasteiger partial charge on any atom is 0.329 e.